The maximum atomic E-state index is 6.18. The molecule has 0 saturated carbocycles. The molecule has 0 N–H and O–H groups in total. The van der Waals surface area contributed by atoms with Crippen LogP contribution in [0.3, 0.4) is 0 Å². The van der Waals surface area contributed by atoms with Crippen LogP contribution >= 0.6 is 11.6 Å². The number of para-hydroxylation sites is 1. The van der Waals surface area contributed by atoms with E-state index in [0.29, 0.717) is 0 Å². The van der Waals surface area contributed by atoms with Crippen molar-refractivity contribution < 1.29 is 0 Å². The Morgan fingerprint density at radius 1 is 1.44 bits per heavy atom. The fourth-order valence-electron chi connectivity index (χ4n) is 2.07. The molecule has 1 heterocycles. The van der Waals surface area contributed by atoms with Gasteiger partial charge in [-0.25, -0.2) is 4.98 Å². The van der Waals surface area contributed by atoms with Crippen LogP contribution < -0.4 is 0 Å². The van der Waals surface area contributed by atoms with Gasteiger partial charge in [0, 0.05) is 6.54 Å². The first-order valence-electron chi connectivity index (χ1n) is 5.75. The van der Waals surface area contributed by atoms with E-state index in [4.69, 9.17) is 11.6 Å². The summed E-state index contributed by atoms with van der Waals surface area (Å²) < 4.78 is 2.24. The van der Waals surface area contributed by atoms with Crippen LogP contribution in [0.1, 0.15) is 37.0 Å². The molecule has 3 heteroatoms. The number of rotatable bonds is 3. The standard InChI is InChI=1S/C13H17ClN2/c1-4-8-16-11-7-5-6-9(2)12(11)15-13(16)10(3)14/h5-7,10H,4,8H2,1-3H3. The highest BCUT2D eigenvalue weighted by molar-refractivity contribution is 6.20. The van der Waals surface area contributed by atoms with Gasteiger partial charge in [-0.2, -0.15) is 0 Å². The van der Waals surface area contributed by atoms with E-state index < -0.39 is 0 Å². The van der Waals surface area contributed by atoms with Crippen LogP contribution in [-0.4, -0.2) is 9.55 Å². The predicted octanol–water partition coefficient (Wildman–Crippen LogP) is 4.05. The van der Waals surface area contributed by atoms with E-state index in [2.05, 4.69) is 41.6 Å². The second-order valence-electron chi connectivity index (χ2n) is 4.18. The molecule has 0 aliphatic heterocycles. The minimum absolute atomic E-state index is 0.0432. The van der Waals surface area contributed by atoms with Gasteiger partial charge in [-0.05, 0) is 31.9 Å². The summed E-state index contributed by atoms with van der Waals surface area (Å²) in [6.45, 7) is 7.22. The third-order valence-corrected chi connectivity index (χ3v) is 3.01. The summed E-state index contributed by atoms with van der Waals surface area (Å²) in [5, 5.41) is -0.0432. The van der Waals surface area contributed by atoms with Crippen molar-refractivity contribution in [3.05, 3.63) is 29.6 Å². The quantitative estimate of drug-likeness (QED) is 0.735. The monoisotopic (exact) mass is 236 g/mol. The Balaban J connectivity index is 2.70. The molecule has 0 saturated heterocycles. The summed E-state index contributed by atoms with van der Waals surface area (Å²) in [5.74, 6) is 0.979. The first kappa shape index (κ1) is 11.5. The van der Waals surface area contributed by atoms with E-state index in [0.717, 1.165) is 24.3 Å². The Labute approximate surface area is 101 Å². The molecule has 0 radical (unpaired) electrons. The van der Waals surface area contributed by atoms with E-state index in [1.54, 1.807) is 0 Å². The summed E-state index contributed by atoms with van der Waals surface area (Å²) in [6, 6.07) is 6.29. The third-order valence-electron chi connectivity index (χ3n) is 2.81. The van der Waals surface area contributed by atoms with Crippen molar-refractivity contribution in [2.75, 3.05) is 0 Å². The molecule has 1 atom stereocenters. The van der Waals surface area contributed by atoms with Crippen LogP contribution in [-0.2, 0) is 6.54 Å². The molecule has 0 aliphatic rings. The molecule has 2 rings (SSSR count). The number of hydrogen-bond donors (Lipinski definition) is 0. The molecular formula is C13H17ClN2. The fourth-order valence-corrected chi connectivity index (χ4v) is 2.23. The SMILES string of the molecule is CCCn1c(C(C)Cl)nc2c(C)cccc21. The minimum Gasteiger partial charge on any atom is -0.327 e. The number of hydrogen-bond acceptors (Lipinski definition) is 1. The lowest BCUT2D eigenvalue weighted by atomic mass is 10.2. The van der Waals surface area contributed by atoms with E-state index in [-0.39, 0.29) is 5.38 Å². The van der Waals surface area contributed by atoms with Crippen LogP contribution in [0, 0.1) is 6.92 Å². The molecule has 0 bridgehead atoms. The molecule has 0 spiro atoms. The predicted molar refractivity (Wildman–Crippen MR) is 69.0 cm³/mol. The number of imidazole rings is 1. The highest BCUT2D eigenvalue weighted by Crippen LogP contribution is 2.26. The Bertz CT molecular complexity index is 500. The summed E-state index contributed by atoms with van der Waals surface area (Å²) in [6.07, 6.45) is 1.09. The molecule has 2 nitrogen and oxygen atoms in total. The molecule has 2 aromatic rings. The van der Waals surface area contributed by atoms with Gasteiger partial charge in [0.2, 0.25) is 0 Å². The second kappa shape index (κ2) is 4.46. The third kappa shape index (κ3) is 1.82. The van der Waals surface area contributed by atoms with E-state index in [1.165, 1.54) is 11.1 Å². The number of aromatic nitrogens is 2. The van der Waals surface area contributed by atoms with Crippen molar-refractivity contribution >= 4 is 22.6 Å². The lowest BCUT2D eigenvalue weighted by Crippen LogP contribution is -2.03. The number of nitrogens with zero attached hydrogens (tertiary/aromatic N) is 2. The van der Waals surface area contributed by atoms with Crippen molar-refractivity contribution in [3.8, 4) is 0 Å². The average molecular weight is 237 g/mol. The summed E-state index contributed by atoms with van der Waals surface area (Å²) >= 11 is 6.18. The van der Waals surface area contributed by atoms with Crippen LogP contribution in [0.25, 0.3) is 11.0 Å². The Morgan fingerprint density at radius 3 is 2.81 bits per heavy atom. The van der Waals surface area contributed by atoms with Crippen LogP contribution in [0.2, 0.25) is 0 Å². The van der Waals surface area contributed by atoms with Gasteiger partial charge in [0.15, 0.2) is 0 Å². The van der Waals surface area contributed by atoms with E-state index in [9.17, 15) is 0 Å². The molecule has 1 aromatic carbocycles. The maximum Gasteiger partial charge on any atom is 0.127 e. The topological polar surface area (TPSA) is 17.8 Å². The van der Waals surface area contributed by atoms with Gasteiger partial charge in [0.25, 0.3) is 0 Å². The summed E-state index contributed by atoms with van der Waals surface area (Å²) in [5.41, 5.74) is 3.49. The molecule has 16 heavy (non-hydrogen) atoms. The number of halogens is 1. The number of benzene rings is 1. The van der Waals surface area contributed by atoms with Gasteiger partial charge in [0.05, 0.1) is 16.4 Å². The number of alkyl halides is 1. The average Bonchev–Trinajstić information content (AvgIpc) is 2.60. The molecule has 86 valence electrons. The van der Waals surface area contributed by atoms with Gasteiger partial charge in [-0.3, -0.25) is 0 Å². The Hall–Kier alpha value is -1.02. The summed E-state index contributed by atoms with van der Waals surface area (Å²) in [7, 11) is 0. The van der Waals surface area contributed by atoms with Gasteiger partial charge >= 0.3 is 0 Å². The van der Waals surface area contributed by atoms with Crippen molar-refractivity contribution in [1.29, 1.82) is 0 Å². The lowest BCUT2D eigenvalue weighted by molar-refractivity contribution is 0.654. The van der Waals surface area contributed by atoms with Gasteiger partial charge in [0.1, 0.15) is 5.82 Å². The van der Waals surface area contributed by atoms with E-state index in [1.807, 2.05) is 6.92 Å². The number of fused-ring (bicyclic) bond motifs is 1. The summed E-state index contributed by atoms with van der Waals surface area (Å²) in [4.78, 5) is 4.66. The van der Waals surface area contributed by atoms with Crippen LogP contribution in [0.5, 0.6) is 0 Å². The van der Waals surface area contributed by atoms with Crippen molar-refractivity contribution in [3.63, 3.8) is 0 Å². The van der Waals surface area contributed by atoms with Gasteiger partial charge in [-0.1, -0.05) is 19.1 Å². The smallest absolute Gasteiger partial charge is 0.127 e. The van der Waals surface area contributed by atoms with Gasteiger partial charge < -0.3 is 4.57 Å². The molecule has 1 unspecified atom stereocenters. The van der Waals surface area contributed by atoms with Crippen LogP contribution in [0.15, 0.2) is 18.2 Å². The number of aryl methyl sites for hydroxylation is 2. The Kier molecular flexibility index (Phi) is 3.20. The van der Waals surface area contributed by atoms with Gasteiger partial charge in [-0.15, -0.1) is 11.6 Å². The zero-order valence-electron chi connectivity index (χ0n) is 10.00. The molecular weight excluding hydrogens is 220 g/mol. The van der Waals surface area contributed by atoms with Crippen molar-refractivity contribution in [1.82, 2.24) is 9.55 Å². The largest absolute Gasteiger partial charge is 0.327 e. The first-order chi connectivity index (χ1) is 7.65. The highest BCUT2D eigenvalue weighted by atomic mass is 35.5. The fraction of sp³-hybridized carbons (Fsp3) is 0.462. The molecule has 1 aromatic heterocycles. The molecule has 0 aliphatic carbocycles. The van der Waals surface area contributed by atoms with Crippen molar-refractivity contribution in [2.45, 2.75) is 39.1 Å². The van der Waals surface area contributed by atoms with Crippen molar-refractivity contribution in [2.24, 2.45) is 0 Å². The zero-order chi connectivity index (χ0) is 11.7. The lowest BCUT2D eigenvalue weighted by Gasteiger charge is -2.08. The normalized spacial score (nSPS) is 13.2. The van der Waals surface area contributed by atoms with Crippen LogP contribution in [0.4, 0.5) is 0 Å². The molecule has 0 fully saturated rings. The second-order valence-corrected chi connectivity index (χ2v) is 4.83. The molecule has 0 amide bonds. The first-order valence-corrected chi connectivity index (χ1v) is 6.18. The zero-order valence-corrected chi connectivity index (χ0v) is 10.8. The highest BCUT2D eigenvalue weighted by Gasteiger charge is 2.14. The van der Waals surface area contributed by atoms with E-state index >= 15 is 0 Å². The minimum atomic E-state index is -0.0432. The maximum absolute atomic E-state index is 6.18. The Morgan fingerprint density at radius 2 is 2.19 bits per heavy atom.